The Morgan fingerprint density at radius 1 is 1.00 bits per heavy atom. The van der Waals surface area contributed by atoms with Crippen molar-refractivity contribution in [1.29, 1.82) is 0 Å². The highest BCUT2D eigenvalue weighted by molar-refractivity contribution is 8.14. The van der Waals surface area contributed by atoms with Crippen LogP contribution in [-0.2, 0) is 6.18 Å². The summed E-state index contributed by atoms with van der Waals surface area (Å²) >= 11 is 1.11. The number of para-hydroxylation sites is 1. The van der Waals surface area contributed by atoms with Crippen LogP contribution in [-0.4, -0.2) is 23.1 Å². The first-order chi connectivity index (χ1) is 15.7. The Hall–Kier alpha value is -3.40. The van der Waals surface area contributed by atoms with E-state index in [-0.39, 0.29) is 0 Å². The second-order valence-electron chi connectivity index (χ2n) is 6.94. The topological polar surface area (TPSA) is 41.9 Å². The van der Waals surface area contributed by atoms with Crippen molar-refractivity contribution in [1.82, 2.24) is 5.01 Å². The van der Waals surface area contributed by atoms with Gasteiger partial charge < -0.3 is 4.74 Å². The van der Waals surface area contributed by atoms with Gasteiger partial charge in [-0.05, 0) is 42.5 Å². The molecule has 1 aliphatic rings. The fourth-order valence-electron chi connectivity index (χ4n) is 3.30. The summed E-state index contributed by atoms with van der Waals surface area (Å²) in [4.78, 5) is 13.3. The van der Waals surface area contributed by atoms with E-state index in [9.17, 15) is 26.7 Å². The fraction of sp³-hybridized carbons (Fsp3) is 0.130. The molecule has 1 unspecified atom stereocenters. The lowest BCUT2D eigenvalue weighted by atomic mass is 10.1. The summed E-state index contributed by atoms with van der Waals surface area (Å²) in [5.41, 5.74) is -1.32. The van der Waals surface area contributed by atoms with Crippen molar-refractivity contribution >= 4 is 22.7 Å². The van der Waals surface area contributed by atoms with Gasteiger partial charge in [-0.1, -0.05) is 36.0 Å². The normalized spacial score (nSPS) is 16.0. The number of amides is 1. The van der Waals surface area contributed by atoms with E-state index in [1.54, 1.807) is 24.3 Å². The highest BCUT2D eigenvalue weighted by atomic mass is 32.2. The largest absolute Gasteiger partial charge is 0.496 e. The summed E-state index contributed by atoms with van der Waals surface area (Å²) < 4.78 is 73.0. The number of ether oxygens (including phenoxy) is 1. The number of halogens is 5. The Balaban J connectivity index is 1.81. The maximum atomic E-state index is 14.7. The first kappa shape index (κ1) is 22.8. The van der Waals surface area contributed by atoms with Crippen LogP contribution in [0.4, 0.5) is 22.0 Å². The van der Waals surface area contributed by atoms with Crippen LogP contribution in [0.25, 0.3) is 0 Å². The monoisotopic (exact) mass is 478 g/mol. The predicted molar refractivity (Wildman–Crippen MR) is 114 cm³/mol. The van der Waals surface area contributed by atoms with Crippen molar-refractivity contribution in [2.75, 3.05) is 7.11 Å². The van der Waals surface area contributed by atoms with E-state index in [1.165, 1.54) is 31.4 Å². The fourth-order valence-corrected chi connectivity index (χ4v) is 4.49. The number of hydrogen-bond donors (Lipinski definition) is 0. The van der Waals surface area contributed by atoms with E-state index in [4.69, 9.17) is 4.74 Å². The van der Waals surface area contributed by atoms with E-state index < -0.39 is 40.2 Å². The van der Waals surface area contributed by atoms with Crippen molar-refractivity contribution in [2.45, 2.75) is 11.6 Å². The Labute approximate surface area is 189 Å². The molecule has 0 spiro atoms. The lowest BCUT2D eigenvalue weighted by molar-refractivity contribution is -0.140. The third kappa shape index (κ3) is 4.43. The van der Waals surface area contributed by atoms with Crippen LogP contribution in [0, 0.1) is 11.6 Å². The van der Waals surface area contributed by atoms with Crippen molar-refractivity contribution in [3.63, 3.8) is 0 Å². The molecule has 1 atom stereocenters. The summed E-state index contributed by atoms with van der Waals surface area (Å²) in [6.07, 6.45) is -4.97. The highest BCUT2D eigenvalue weighted by Gasteiger charge is 2.40. The zero-order valence-electron chi connectivity index (χ0n) is 16.9. The van der Waals surface area contributed by atoms with Gasteiger partial charge in [-0.2, -0.15) is 18.3 Å². The molecule has 0 bridgehead atoms. The van der Waals surface area contributed by atoms with Crippen LogP contribution in [0.5, 0.6) is 5.75 Å². The molecule has 1 amide bonds. The number of benzene rings is 3. The second kappa shape index (κ2) is 8.86. The molecule has 33 heavy (non-hydrogen) atoms. The second-order valence-corrected chi connectivity index (χ2v) is 8.01. The lowest BCUT2D eigenvalue weighted by Gasteiger charge is -2.23. The predicted octanol–water partition coefficient (Wildman–Crippen LogP) is 6.24. The summed E-state index contributed by atoms with van der Waals surface area (Å²) in [5.74, 6) is -2.79. The number of nitrogens with zero attached hydrogens (tertiary/aromatic N) is 2. The average Bonchev–Trinajstić information content (AvgIpc) is 3.23. The number of carbonyl (C=O) groups is 1. The quantitative estimate of drug-likeness (QED) is 0.417. The van der Waals surface area contributed by atoms with Crippen molar-refractivity contribution in [2.24, 2.45) is 5.10 Å². The molecule has 0 saturated carbocycles. The van der Waals surface area contributed by atoms with Crippen LogP contribution < -0.4 is 4.74 Å². The van der Waals surface area contributed by atoms with Gasteiger partial charge in [0.05, 0.1) is 18.2 Å². The van der Waals surface area contributed by atoms with E-state index in [2.05, 4.69) is 5.10 Å². The van der Waals surface area contributed by atoms with Gasteiger partial charge >= 0.3 is 6.18 Å². The first-order valence-corrected chi connectivity index (χ1v) is 10.4. The molecular weight excluding hydrogens is 463 g/mol. The molecule has 10 heteroatoms. The van der Waals surface area contributed by atoms with Gasteiger partial charge in [-0.25, -0.2) is 13.8 Å². The third-order valence-corrected chi connectivity index (χ3v) is 6.10. The molecular formula is C23H15F5N2O2S. The van der Waals surface area contributed by atoms with Crippen molar-refractivity contribution in [3.8, 4) is 5.75 Å². The zero-order chi connectivity index (χ0) is 23.8. The van der Waals surface area contributed by atoms with Crippen LogP contribution in [0.2, 0.25) is 0 Å². The van der Waals surface area contributed by atoms with E-state index >= 15 is 0 Å². The molecule has 3 aromatic carbocycles. The SMILES string of the molecule is COc1ccccc1C1SC(c2ccc(F)cc2)=NN1C(=O)c1cccc(C(F)(F)F)c1F. The molecule has 0 aromatic heterocycles. The van der Waals surface area contributed by atoms with Gasteiger partial charge in [0.15, 0.2) is 0 Å². The summed E-state index contributed by atoms with van der Waals surface area (Å²) in [7, 11) is 1.43. The van der Waals surface area contributed by atoms with Crippen molar-refractivity contribution < 1.29 is 31.5 Å². The van der Waals surface area contributed by atoms with E-state index in [0.717, 1.165) is 28.9 Å². The molecule has 1 heterocycles. The molecule has 4 nitrogen and oxygen atoms in total. The summed E-state index contributed by atoms with van der Waals surface area (Å²) in [6.45, 7) is 0. The zero-order valence-corrected chi connectivity index (χ0v) is 17.8. The van der Waals surface area contributed by atoms with Crippen LogP contribution in [0.15, 0.2) is 71.8 Å². The third-order valence-electron chi connectivity index (χ3n) is 4.88. The molecule has 0 fully saturated rings. The van der Waals surface area contributed by atoms with Gasteiger partial charge in [0.1, 0.15) is 27.8 Å². The lowest BCUT2D eigenvalue weighted by Crippen LogP contribution is -2.28. The Morgan fingerprint density at radius 2 is 1.70 bits per heavy atom. The van der Waals surface area contributed by atoms with Crippen molar-refractivity contribution in [3.05, 3.63) is 101 Å². The number of methoxy groups -OCH3 is 1. The van der Waals surface area contributed by atoms with E-state index in [0.29, 0.717) is 28.0 Å². The molecule has 4 rings (SSSR count). The minimum Gasteiger partial charge on any atom is -0.496 e. The number of carbonyl (C=O) groups excluding carboxylic acids is 1. The summed E-state index contributed by atoms with van der Waals surface area (Å²) in [5, 5.41) is 4.64. The molecule has 1 aliphatic heterocycles. The average molecular weight is 478 g/mol. The minimum atomic E-state index is -4.97. The van der Waals surface area contributed by atoms with Crippen LogP contribution >= 0.6 is 11.8 Å². The Bertz CT molecular complexity index is 1230. The van der Waals surface area contributed by atoms with Crippen LogP contribution in [0.1, 0.15) is 32.4 Å². The standard InChI is InChI=1S/C23H15F5N2O2S/c1-32-18-8-3-2-5-15(18)22-30(29-20(33-22)13-9-11-14(24)12-10-13)21(31)16-6-4-7-17(19(16)25)23(26,27)28/h2-12,22H,1H3. The van der Waals surface area contributed by atoms with Gasteiger partial charge in [-0.15, -0.1) is 0 Å². The number of hydrazone groups is 1. The van der Waals surface area contributed by atoms with Gasteiger partial charge in [0, 0.05) is 11.1 Å². The van der Waals surface area contributed by atoms with Crippen LogP contribution in [0.3, 0.4) is 0 Å². The minimum absolute atomic E-state index is 0.312. The number of hydrogen-bond acceptors (Lipinski definition) is 4. The van der Waals surface area contributed by atoms with E-state index in [1.807, 2.05) is 0 Å². The summed E-state index contributed by atoms with van der Waals surface area (Å²) in [6, 6.07) is 14.6. The maximum absolute atomic E-state index is 14.7. The van der Waals surface area contributed by atoms with Gasteiger partial charge in [0.2, 0.25) is 0 Å². The smallest absolute Gasteiger partial charge is 0.419 e. The maximum Gasteiger partial charge on any atom is 0.419 e. The number of alkyl halides is 3. The Morgan fingerprint density at radius 3 is 2.36 bits per heavy atom. The molecule has 0 aliphatic carbocycles. The first-order valence-electron chi connectivity index (χ1n) is 9.54. The Kier molecular flexibility index (Phi) is 6.11. The number of rotatable bonds is 4. The molecule has 0 N–H and O–H groups in total. The molecule has 0 saturated heterocycles. The molecule has 170 valence electrons. The molecule has 3 aromatic rings. The number of thioether (sulfide) groups is 1. The highest BCUT2D eigenvalue weighted by Crippen LogP contribution is 2.45. The van der Waals surface area contributed by atoms with Gasteiger partial charge in [0.25, 0.3) is 5.91 Å². The van der Waals surface area contributed by atoms with Gasteiger partial charge in [-0.3, -0.25) is 4.79 Å². The molecule has 0 radical (unpaired) electrons.